The zero-order chi connectivity index (χ0) is 22.7. The van der Waals surface area contributed by atoms with Crippen LogP contribution < -0.4 is 10.3 Å². The number of hydrogen-bond acceptors (Lipinski definition) is 5. The molecule has 0 bridgehead atoms. The lowest BCUT2D eigenvalue weighted by Gasteiger charge is -2.13. The minimum Gasteiger partial charge on any atom is -0.497 e. The number of benzene rings is 2. The molecule has 2 aromatic heterocycles. The number of aliphatic imine (C=N–C) groups is 1. The van der Waals surface area contributed by atoms with E-state index in [0.29, 0.717) is 17.9 Å². The SMILES string of the molecule is CCC(Cc1c[nH]c2ccccc12)N=Cc1c(O)n(-c2ccc(OC)cc2)c(=S)[nH]c1=O. The third kappa shape index (κ3) is 4.22. The second kappa shape index (κ2) is 9.23. The highest BCUT2D eigenvalue weighted by Crippen LogP contribution is 2.23. The van der Waals surface area contributed by atoms with Gasteiger partial charge in [0.2, 0.25) is 5.88 Å². The highest BCUT2D eigenvalue weighted by atomic mass is 32.1. The van der Waals surface area contributed by atoms with E-state index in [1.165, 1.54) is 10.8 Å². The molecule has 0 saturated carbocycles. The van der Waals surface area contributed by atoms with Crippen LogP contribution in [0.3, 0.4) is 0 Å². The van der Waals surface area contributed by atoms with E-state index >= 15 is 0 Å². The Morgan fingerprint density at radius 3 is 2.69 bits per heavy atom. The summed E-state index contributed by atoms with van der Waals surface area (Å²) in [6.45, 7) is 2.05. The van der Waals surface area contributed by atoms with Gasteiger partial charge in [-0.15, -0.1) is 0 Å². The fourth-order valence-corrected chi connectivity index (χ4v) is 3.95. The van der Waals surface area contributed by atoms with Crippen LogP contribution >= 0.6 is 12.2 Å². The summed E-state index contributed by atoms with van der Waals surface area (Å²) in [5, 5.41) is 12.0. The molecule has 7 nitrogen and oxygen atoms in total. The molecule has 0 aliphatic rings. The smallest absolute Gasteiger partial charge is 0.264 e. The summed E-state index contributed by atoms with van der Waals surface area (Å²) in [6, 6.07) is 15.1. The summed E-state index contributed by atoms with van der Waals surface area (Å²) >= 11 is 5.28. The number of aromatic nitrogens is 3. The van der Waals surface area contributed by atoms with Gasteiger partial charge in [0.15, 0.2) is 4.77 Å². The second-order valence-electron chi connectivity index (χ2n) is 7.43. The average molecular weight is 449 g/mol. The van der Waals surface area contributed by atoms with Gasteiger partial charge in [0.25, 0.3) is 5.56 Å². The number of ether oxygens (including phenoxy) is 1. The molecule has 8 heteroatoms. The van der Waals surface area contributed by atoms with Gasteiger partial charge in [0, 0.05) is 23.3 Å². The minimum absolute atomic E-state index is 0.0504. The topological polar surface area (TPSA) is 95.4 Å². The molecule has 0 saturated heterocycles. The van der Waals surface area contributed by atoms with Crippen LogP contribution in [0.25, 0.3) is 16.6 Å². The molecule has 32 heavy (non-hydrogen) atoms. The summed E-state index contributed by atoms with van der Waals surface area (Å²) < 4.78 is 6.68. The normalized spacial score (nSPS) is 12.4. The van der Waals surface area contributed by atoms with Crippen molar-refractivity contribution in [2.75, 3.05) is 7.11 Å². The zero-order valence-corrected chi connectivity index (χ0v) is 18.6. The Bertz CT molecular complexity index is 1380. The second-order valence-corrected chi connectivity index (χ2v) is 7.82. The van der Waals surface area contributed by atoms with E-state index in [0.717, 1.165) is 22.9 Å². The Morgan fingerprint density at radius 2 is 1.97 bits per heavy atom. The summed E-state index contributed by atoms with van der Waals surface area (Å²) in [6.07, 6.45) is 4.93. The number of hydrogen-bond donors (Lipinski definition) is 3. The van der Waals surface area contributed by atoms with Gasteiger partial charge in [-0.05, 0) is 61.0 Å². The maximum atomic E-state index is 12.5. The molecule has 4 aromatic rings. The number of para-hydroxylation sites is 1. The largest absolute Gasteiger partial charge is 0.497 e. The van der Waals surface area contributed by atoms with Gasteiger partial charge in [0.1, 0.15) is 11.3 Å². The molecule has 1 atom stereocenters. The summed E-state index contributed by atoms with van der Waals surface area (Å²) in [4.78, 5) is 23.0. The Hall–Kier alpha value is -3.65. The van der Waals surface area contributed by atoms with Crippen LogP contribution in [0.5, 0.6) is 11.6 Å². The van der Waals surface area contributed by atoms with Gasteiger partial charge in [-0.1, -0.05) is 25.1 Å². The van der Waals surface area contributed by atoms with Gasteiger partial charge in [-0.3, -0.25) is 19.3 Å². The van der Waals surface area contributed by atoms with Crippen molar-refractivity contribution in [2.45, 2.75) is 25.8 Å². The number of nitrogens with one attached hydrogen (secondary N) is 2. The van der Waals surface area contributed by atoms with Crippen molar-refractivity contribution < 1.29 is 9.84 Å². The Labute approximate surface area is 190 Å². The molecule has 2 aromatic carbocycles. The van der Waals surface area contributed by atoms with E-state index in [1.807, 2.05) is 31.3 Å². The molecule has 4 rings (SSSR count). The lowest BCUT2D eigenvalue weighted by Crippen LogP contribution is -2.19. The highest BCUT2D eigenvalue weighted by molar-refractivity contribution is 7.71. The van der Waals surface area contributed by atoms with Crippen molar-refractivity contribution in [3.05, 3.63) is 81.0 Å². The van der Waals surface area contributed by atoms with Gasteiger partial charge >= 0.3 is 0 Å². The van der Waals surface area contributed by atoms with Crippen molar-refractivity contribution in [1.29, 1.82) is 0 Å². The van der Waals surface area contributed by atoms with E-state index in [1.54, 1.807) is 31.4 Å². The predicted molar refractivity (Wildman–Crippen MR) is 129 cm³/mol. The van der Waals surface area contributed by atoms with Crippen LogP contribution in [-0.2, 0) is 6.42 Å². The number of fused-ring (bicyclic) bond motifs is 1. The number of aromatic hydroxyl groups is 1. The van der Waals surface area contributed by atoms with E-state index in [2.05, 4.69) is 21.0 Å². The summed E-state index contributed by atoms with van der Waals surface area (Å²) in [5.41, 5.74) is 2.42. The first-order chi connectivity index (χ1) is 15.5. The van der Waals surface area contributed by atoms with Crippen molar-refractivity contribution in [2.24, 2.45) is 4.99 Å². The third-order valence-corrected chi connectivity index (χ3v) is 5.75. The van der Waals surface area contributed by atoms with Gasteiger partial charge in [-0.2, -0.15) is 0 Å². The highest BCUT2D eigenvalue weighted by Gasteiger charge is 2.14. The third-order valence-electron chi connectivity index (χ3n) is 5.47. The van der Waals surface area contributed by atoms with Crippen molar-refractivity contribution in [1.82, 2.24) is 14.5 Å². The maximum Gasteiger partial charge on any atom is 0.264 e. The molecule has 3 N–H and O–H groups in total. The molecule has 0 radical (unpaired) electrons. The van der Waals surface area contributed by atoms with Crippen molar-refractivity contribution in [3.63, 3.8) is 0 Å². The quantitative estimate of drug-likeness (QED) is 0.286. The lowest BCUT2D eigenvalue weighted by atomic mass is 10.0. The van der Waals surface area contributed by atoms with E-state index in [9.17, 15) is 9.90 Å². The van der Waals surface area contributed by atoms with Crippen molar-refractivity contribution >= 4 is 29.3 Å². The molecular formula is C24H24N4O3S. The van der Waals surface area contributed by atoms with Crippen molar-refractivity contribution in [3.8, 4) is 17.3 Å². The number of H-pyrrole nitrogens is 2. The number of aromatic amines is 2. The molecule has 0 spiro atoms. The van der Waals surface area contributed by atoms with Gasteiger partial charge in [-0.25, -0.2) is 0 Å². The average Bonchev–Trinajstić information content (AvgIpc) is 3.21. The first-order valence-electron chi connectivity index (χ1n) is 10.3. The van der Waals surface area contributed by atoms with E-state index in [-0.39, 0.29) is 22.3 Å². The maximum absolute atomic E-state index is 12.5. The van der Waals surface area contributed by atoms with E-state index in [4.69, 9.17) is 17.0 Å². The summed E-state index contributed by atoms with van der Waals surface area (Å²) in [5.74, 6) is 0.420. The van der Waals surface area contributed by atoms with Crippen LogP contribution in [0.15, 0.2) is 64.5 Å². The first kappa shape index (κ1) is 21.6. The van der Waals surface area contributed by atoms with Crippen LogP contribution in [0.4, 0.5) is 0 Å². The monoisotopic (exact) mass is 448 g/mol. The van der Waals surface area contributed by atoms with Crippen LogP contribution in [0.1, 0.15) is 24.5 Å². The fourth-order valence-electron chi connectivity index (χ4n) is 3.66. The fraction of sp³-hybridized carbons (Fsp3) is 0.208. The van der Waals surface area contributed by atoms with E-state index < -0.39 is 5.56 Å². The Balaban J connectivity index is 1.66. The molecule has 1 unspecified atom stereocenters. The zero-order valence-electron chi connectivity index (χ0n) is 17.8. The Morgan fingerprint density at radius 1 is 1.22 bits per heavy atom. The van der Waals surface area contributed by atoms with Gasteiger partial charge < -0.3 is 14.8 Å². The number of rotatable bonds is 7. The van der Waals surface area contributed by atoms with Gasteiger partial charge in [0.05, 0.1) is 18.8 Å². The molecule has 0 aliphatic heterocycles. The molecule has 0 aliphatic carbocycles. The Kier molecular flexibility index (Phi) is 6.23. The van der Waals surface area contributed by atoms with Crippen LogP contribution in [-0.4, -0.2) is 39.0 Å². The number of nitrogens with zero attached hydrogens (tertiary/aromatic N) is 2. The molecular weight excluding hydrogens is 424 g/mol. The molecule has 164 valence electrons. The standard InChI is InChI=1S/C24H24N4O3S/c1-3-16(12-15-13-26-21-7-5-4-6-19(15)21)25-14-20-22(29)27-24(32)28(23(20)30)17-8-10-18(31-2)11-9-17/h4-11,13-14,16,26,30H,3,12H2,1-2H3,(H,27,29,32). The first-order valence-corrected chi connectivity index (χ1v) is 10.7. The van der Waals surface area contributed by atoms with Crippen LogP contribution in [0.2, 0.25) is 0 Å². The molecule has 2 heterocycles. The van der Waals surface area contributed by atoms with Crippen LogP contribution in [0, 0.1) is 4.77 Å². The lowest BCUT2D eigenvalue weighted by molar-refractivity contribution is 0.414. The number of methoxy groups -OCH3 is 1. The minimum atomic E-state index is -0.483. The summed E-state index contributed by atoms with van der Waals surface area (Å²) in [7, 11) is 1.58. The molecule has 0 fully saturated rings. The molecule has 0 amide bonds. The predicted octanol–water partition coefficient (Wildman–Crippen LogP) is 4.53.